The lowest BCUT2D eigenvalue weighted by Gasteiger charge is -2.06. The fourth-order valence-electron chi connectivity index (χ4n) is 1.49. The van der Waals surface area contributed by atoms with E-state index in [4.69, 9.17) is 11.6 Å². The summed E-state index contributed by atoms with van der Waals surface area (Å²) in [4.78, 5) is 11.7. The second-order valence-corrected chi connectivity index (χ2v) is 4.47. The predicted molar refractivity (Wildman–Crippen MR) is 60.2 cm³/mol. The maximum Gasteiger partial charge on any atom is 0.164 e. The molecule has 0 radical (unpaired) electrons. The number of hydrogen-bond acceptors (Lipinski definition) is 1. The molecule has 14 heavy (non-hydrogen) atoms. The van der Waals surface area contributed by atoms with Crippen molar-refractivity contribution in [2.45, 2.75) is 32.6 Å². The Balaban J connectivity index is 2.90. The summed E-state index contributed by atoms with van der Waals surface area (Å²) in [5.41, 5.74) is 3.01. The van der Waals surface area contributed by atoms with Gasteiger partial charge in [-0.15, -0.1) is 11.6 Å². The number of aryl methyl sites for hydroxylation is 2. The summed E-state index contributed by atoms with van der Waals surface area (Å²) in [6.45, 7) is 5.81. The van der Waals surface area contributed by atoms with Gasteiger partial charge in [0.1, 0.15) is 0 Å². The molecule has 1 unspecified atom stereocenters. The lowest BCUT2D eigenvalue weighted by atomic mass is 10.00. The second kappa shape index (κ2) is 4.61. The molecule has 0 N–H and O–H groups in total. The average molecular weight is 211 g/mol. The largest absolute Gasteiger partial charge is 0.294 e. The van der Waals surface area contributed by atoms with Crippen molar-refractivity contribution >= 4 is 17.4 Å². The van der Waals surface area contributed by atoms with E-state index in [-0.39, 0.29) is 11.2 Å². The van der Waals surface area contributed by atoms with Crippen molar-refractivity contribution in [1.82, 2.24) is 0 Å². The van der Waals surface area contributed by atoms with Crippen LogP contribution < -0.4 is 0 Å². The Bertz CT molecular complexity index is 342. The number of halogens is 1. The van der Waals surface area contributed by atoms with Gasteiger partial charge in [0.25, 0.3) is 0 Å². The van der Waals surface area contributed by atoms with Crippen LogP contribution in [0.25, 0.3) is 0 Å². The Morgan fingerprint density at radius 3 is 2.57 bits per heavy atom. The molecule has 0 spiro atoms. The fraction of sp³-hybridized carbons (Fsp3) is 0.417. The summed E-state index contributed by atoms with van der Waals surface area (Å²) >= 11 is 5.79. The fourth-order valence-corrected chi connectivity index (χ4v) is 1.63. The van der Waals surface area contributed by atoms with E-state index in [1.807, 2.05) is 39.0 Å². The van der Waals surface area contributed by atoms with E-state index in [0.717, 1.165) is 11.1 Å². The van der Waals surface area contributed by atoms with Gasteiger partial charge in [-0.1, -0.05) is 23.8 Å². The standard InChI is InChI=1S/C12H15ClO/c1-8-4-5-11(9(2)6-8)12(14)7-10(3)13/h4-6,10H,7H2,1-3H3. The third-order valence-corrected chi connectivity index (χ3v) is 2.30. The summed E-state index contributed by atoms with van der Waals surface area (Å²) in [6.07, 6.45) is 0.408. The van der Waals surface area contributed by atoms with Gasteiger partial charge in [-0.2, -0.15) is 0 Å². The van der Waals surface area contributed by atoms with Crippen LogP contribution in [0.15, 0.2) is 18.2 Å². The van der Waals surface area contributed by atoms with Gasteiger partial charge in [-0.25, -0.2) is 0 Å². The zero-order chi connectivity index (χ0) is 10.7. The molecule has 76 valence electrons. The Labute approximate surface area is 90.1 Å². The summed E-state index contributed by atoms with van der Waals surface area (Å²) in [5.74, 6) is 0.130. The van der Waals surface area contributed by atoms with E-state index in [0.29, 0.717) is 6.42 Å². The van der Waals surface area contributed by atoms with Gasteiger partial charge in [-0.05, 0) is 26.3 Å². The highest BCUT2D eigenvalue weighted by Crippen LogP contribution is 2.14. The minimum atomic E-state index is -0.0943. The first-order chi connectivity index (χ1) is 6.50. The van der Waals surface area contributed by atoms with Crippen LogP contribution in [0, 0.1) is 13.8 Å². The molecule has 0 bridgehead atoms. The second-order valence-electron chi connectivity index (χ2n) is 3.73. The molecular formula is C12H15ClO. The molecule has 0 aliphatic carbocycles. The molecule has 0 aliphatic heterocycles. The van der Waals surface area contributed by atoms with Gasteiger partial charge in [0.2, 0.25) is 0 Å². The van der Waals surface area contributed by atoms with Gasteiger partial charge >= 0.3 is 0 Å². The number of alkyl halides is 1. The van der Waals surface area contributed by atoms with Crippen LogP contribution in [0.3, 0.4) is 0 Å². The highest BCUT2D eigenvalue weighted by atomic mass is 35.5. The van der Waals surface area contributed by atoms with E-state index in [1.165, 1.54) is 5.56 Å². The number of benzene rings is 1. The van der Waals surface area contributed by atoms with E-state index in [9.17, 15) is 4.79 Å². The van der Waals surface area contributed by atoms with E-state index in [1.54, 1.807) is 0 Å². The lowest BCUT2D eigenvalue weighted by Crippen LogP contribution is -2.07. The molecule has 1 rings (SSSR count). The van der Waals surface area contributed by atoms with E-state index < -0.39 is 0 Å². The molecule has 0 aliphatic rings. The first kappa shape index (κ1) is 11.3. The summed E-state index contributed by atoms with van der Waals surface area (Å²) < 4.78 is 0. The Hall–Kier alpha value is -0.820. The molecule has 1 aromatic carbocycles. The third-order valence-electron chi connectivity index (χ3n) is 2.15. The van der Waals surface area contributed by atoms with Gasteiger partial charge in [-0.3, -0.25) is 4.79 Å². The topological polar surface area (TPSA) is 17.1 Å². The van der Waals surface area contributed by atoms with Crippen molar-refractivity contribution in [2.24, 2.45) is 0 Å². The minimum Gasteiger partial charge on any atom is -0.294 e. The number of carbonyl (C=O) groups is 1. The number of hydrogen-bond donors (Lipinski definition) is 0. The molecule has 0 saturated heterocycles. The summed E-state index contributed by atoms with van der Waals surface area (Å²) in [6, 6.07) is 5.86. The van der Waals surface area contributed by atoms with Crippen LogP contribution in [-0.2, 0) is 0 Å². The number of ketones is 1. The Kier molecular flexibility index (Phi) is 3.70. The zero-order valence-electron chi connectivity index (χ0n) is 8.80. The maximum atomic E-state index is 11.7. The molecular weight excluding hydrogens is 196 g/mol. The van der Waals surface area contributed by atoms with Crippen LogP contribution in [0.4, 0.5) is 0 Å². The molecule has 0 amide bonds. The Morgan fingerprint density at radius 2 is 2.07 bits per heavy atom. The van der Waals surface area contributed by atoms with Crippen LogP contribution in [-0.4, -0.2) is 11.2 Å². The van der Waals surface area contributed by atoms with Gasteiger partial charge in [0.15, 0.2) is 5.78 Å². The Morgan fingerprint density at radius 1 is 1.43 bits per heavy atom. The normalized spacial score (nSPS) is 12.6. The molecule has 0 saturated carbocycles. The van der Waals surface area contributed by atoms with Crippen molar-refractivity contribution in [3.63, 3.8) is 0 Å². The van der Waals surface area contributed by atoms with Crippen molar-refractivity contribution < 1.29 is 4.79 Å². The van der Waals surface area contributed by atoms with Crippen molar-refractivity contribution in [3.8, 4) is 0 Å². The molecule has 0 aromatic heterocycles. The third kappa shape index (κ3) is 2.85. The number of Topliss-reactive ketones (excluding diaryl/α,β-unsaturated/α-hetero) is 1. The maximum absolute atomic E-state index is 11.7. The minimum absolute atomic E-state index is 0.0943. The van der Waals surface area contributed by atoms with Gasteiger partial charge < -0.3 is 0 Å². The predicted octanol–water partition coefficient (Wildman–Crippen LogP) is 3.50. The SMILES string of the molecule is Cc1ccc(C(=O)CC(C)Cl)c(C)c1. The molecule has 1 nitrogen and oxygen atoms in total. The highest BCUT2D eigenvalue weighted by Gasteiger charge is 2.11. The van der Waals surface area contributed by atoms with Crippen LogP contribution in [0.1, 0.15) is 34.8 Å². The first-order valence-corrected chi connectivity index (χ1v) is 5.19. The smallest absolute Gasteiger partial charge is 0.164 e. The summed E-state index contributed by atoms with van der Waals surface area (Å²) in [5, 5.41) is -0.0943. The zero-order valence-corrected chi connectivity index (χ0v) is 9.56. The number of carbonyl (C=O) groups excluding carboxylic acids is 1. The van der Waals surface area contributed by atoms with Gasteiger partial charge in [0.05, 0.1) is 0 Å². The average Bonchev–Trinajstić information content (AvgIpc) is 2.01. The van der Waals surface area contributed by atoms with Crippen LogP contribution >= 0.6 is 11.6 Å². The lowest BCUT2D eigenvalue weighted by molar-refractivity contribution is 0.0982. The van der Waals surface area contributed by atoms with Crippen molar-refractivity contribution in [1.29, 1.82) is 0 Å². The highest BCUT2D eigenvalue weighted by molar-refractivity contribution is 6.22. The molecule has 0 fully saturated rings. The van der Waals surface area contributed by atoms with Crippen LogP contribution in [0.5, 0.6) is 0 Å². The van der Waals surface area contributed by atoms with E-state index in [2.05, 4.69) is 0 Å². The van der Waals surface area contributed by atoms with Crippen molar-refractivity contribution in [3.05, 3.63) is 34.9 Å². The molecule has 2 heteroatoms. The molecule has 1 atom stereocenters. The van der Waals surface area contributed by atoms with Gasteiger partial charge in [0, 0.05) is 17.4 Å². The number of rotatable bonds is 3. The molecule has 0 heterocycles. The van der Waals surface area contributed by atoms with Crippen LogP contribution in [0.2, 0.25) is 0 Å². The van der Waals surface area contributed by atoms with E-state index >= 15 is 0 Å². The summed E-state index contributed by atoms with van der Waals surface area (Å²) in [7, 11) is 0. The molecule has 1 aromatic rings. The monoisotopic (exact) mass is 210 g/mol. The first-order valence-electron chi connectivity index (χ1n) is 4.75. The quantitative estimate of drug-likeness (QED) is 0.551. The van der Waals surface area contributed by atoms with Crippen molar-refractivity contribution in [2.75, 3.05) is 0 Å².